The number of anilines is 1. The predicted octanol–water partition coefficient (Wildman–Crippen LogP) is 5.12. The highest BCUT2D eigenvalue weighted by molar-refractivity contribution is 5.76. The highest BCUT2D eigenvalue weighted by Gasteiger charge is 2.33. The summed E-state index contributed by atoms with van der Waals surface area (Å²) in [4.78, 5) is 27.7. The van der Waals surface area contributed by atoms with E-state index in [0.717, 1.165) is 12.8 Å². The fourth-order valence-corrected chi connectivity index (χ4v) is 4.26. The van der Waals surface area contributed by atoms with Crippen LogP contribution in [0.4, 0.5) is 19.3 Å². The number of amides is 2. The zero-order chi connectivity index (χ0) is 24.0. The number of carbonyl (C=O) groups excluding carboxylic acids is 2. The second-order valence-electron chi connectivity index (χ2n) is 8.61. The van der Waals surface area contributed by atoms with Crippen molar-refractivity contribution in [3.8, 4) is 11.8 Å². The molecule has 0 aliphatic carbocycles. The predicted molar refractivity (Wildman–Crippen MR) is 120 cm³/mol. The molecule has 2 aromatic rings. The Kier molecular flexibility index (Phi) is 7.99. The minimum Gasteiger partial charge on any atom is -0.407 e. The molecule has 174 valence electrons. The number of ether oxygens (including phenoxy) is 1. The van der Waals surface area contributed by atoms with Crippen LogP contribution in [0.25, 0.3) is 0 Å². The first-order chi connectivity index (χ1) is 15.8. The molecule has 1 fully saturated rings. The van der Waals surface area contributed by atoms with E-state index in [4.69, 9.17) is 10.00 Å². The lowest BCUT2D eigenvalue weighted by Crippen LogP contribution is -2.47. The van der Waals surface area contributed by atoms with E-state index in [1.165, 1.54) is 35.2 Å². The van der Waals surface area contributed by atoms with Crippen molar-refractivity contribution >= 4 is 18.2 Å². The quantitative estimate of drug-likeness (QED) is 0.543. The van der Waals surface area contributed by atoms with E-state index in [2.05, 4.69) is 13.8 Å². The molecule has 2 amide bonds. The van der Waals surface area contributed by atoms with E-state index in [0.29, 0.717) is 37.5 Å². The average molecular weight is 456 g/mol. The van der Waals surface area contributed by atoms with Crippen LogP contribution in [0.3, 0.4) is 0 Å². The van der Waals surface area contributed by atoms with Gasteiger partial charge in [0.25, 0.3) is 0 Å². The lowest BCUT2D eigenvalue weighted by Gasteiger charge is -2.40. The third-order valence-electron chi connectivity index (χ3n) is 5.93. The average Bonchev–Trinajstić information content (AvgIpc) is 2.81. The summed E-state index contributed by atoms with van der Waals surface area (Å²) < 4.78 is 32.8. The van der Waals surface area contributed by atoms with Crippen molar-refractivity contribution in [2.24, 2.45) is 11.8 Å². The van der Waals surface area contributed by atoms with E-state index >= 15 is 0 Å². The second-order valence-corrected chi connectivity index (χ2v) is 8.61. The molecule has 1 saturated heterocycles. The Morgan fingerprint density at radius 2 is 1.88 bits per heavy atom. The zero-order valence-electron chi connectivity index (χ0n) is 18.7. The number of hydrogen-bond acceptors (Lipinski definition) is 4. The molecule has 33 heavy (non-hydrogen) atoms. The van der Waals surface area contributed by atoms with E-state index in [-0.39, 0.29) is 29.1 Å². The van der Waals surface area contributed by atoms with E-state index < -0.39 is 11.9 Å². The number of carbonyl (C=O) groups is 2. The van der Waals surface area contributed by atoms with Gasteiger partial charge in [0.05, 0.1) is 5.56 Å². The zero-order valence-corrected chi connectivity index (χ0v) is 18.7. The molecule has 1 atom stereocenters. The summed E-state index contributed by atoms with van der Waals surface area (Å²) in [5.74, 6) is -1.04. The summed E-state index contributed by atoms with van der Waals surface area (Å²) in [5, 5.41) is 8.94. The van der Waals surface area contributed by atoms with E-state index in [9.17, 15) is 18.4 Å². The number of halogens is 2. The van der Waals surface area contributed by atoms with Crippen molar-refractivity contribution < 1.29 is 23.1 Å². The van der Waals surface area contributed by atoms with Gasteiger partial charge in [0.15, 0.2) is 11.6 Å². The molecule has 6 nitrogen and oxygen atoms in total. The molecule has 2 aromatic carbocycles. The van der Waals surface area contributed by atoms with Gasteiger partial charge in [-0.1, -0.05) is 19.9 Å². The molecule has 3 rings (SSSR count). The molecule has 8 heteroatoms. The fourth-order valence-electron chi connectivity index (χ4n) is 4.26. The largest absolute Gasteiger partial charge is 0.415 e. The number of nitriles is 1. The van der Waals surface area contributed by atoms with Crippen LogP contribution in [0.1, 0.15) is 38.7 Å². The van der Waals surface area contributed by atoms with Crippen LogP contribution in [0.15, 0.2) is 42.5 Å². The first-order valence-corrected chi connectivity index (χ1v) is 11.0. The minimum absolute atomic E-state index is 0.101. The monoisotopic (exact) mass is 455 g/mol. The minimum atomic E-state index is -0.860. The van der Waals surface area contributed by atoms with Gasteiger partial charge in [-0.05, 0) is 67.5 Å². The molecule has 1 aliphatic heterocycles. The first kappa shape index (κ1) is 24.2. The van der Waals surface area contributed by atoms with Gasteiger partial charge in [-0.15, -0.1) is 0 Å². The SMILES string of the molecule is CC(C)CC(C1CCN(C(=O)Oc2cccc(C#N)c2F)CC1)N(C=O)c1ccc(F)cc1. The molecular weight excluding hydrogens is 428 g/mol. The van der Waals surface area contributed by atoms with Crippen LogP contribution in [-0.2, 0) is 4.79 Å². The van der Waals surface area contributed by atoms with Crippen LogP contribution in [0.2, 0.25) is 0 Å². The number of nitrogens with zero attached hydrogens (tertiary/aromatic N) is 3. The van der Waals surface area contributed by atoms with Gasteiger partial charge < -0.3 is 14.5 Å². The topological polar surface area (TPSA) is 73.6 Å². The maximum atomic E-state index is 14.2. The molecule has 0 saturated carbocycles. The van der Waals surface area contributed by atoms with Gasteiger partial charge in [0, 0.05) is 24.8 Å². The Morgan fingerprint density at radius 1 is 1.21 bits per heavy atom. The van der Waals surface area contributed by atoms with Gasteiger partial charge in [-0.25, -0.2) is 13.6 Å². The molecule has 0 aromatic heterocycles. The third-order valence-corrected chi connectivity index (χ3v) is 5.93. The summed E-state index contributed by atoms with van der Waals surface area (Å²) in [6.07, 6.45) is 2.15. The summed E-state index contributed by atoms with van der Waals surface area (Å²) >= 11 is 0. The highest BCUT2D eigenvalue weighted by atomic mass is 19.1. The molecule has 0 spiro atoms. The normalized spacial score (nSPS) is 15.1. The Balaban J connectivity index is 1.68. The van der Waals surface area contributed by atoms with Gasteiger partial charge in [-0.3, -0.25) is 4.79 Å². The van der Waals surface area contributed by atoms with Crippen LogP contribution < -0.4 is 9.64 Å². The molecule has 0 N–H and O–H groups in total. The summed E-state index contributed by atoms with van der Waals surface area (Å²) in [6, 6.07) is 11.5. The Hall–Kier alpha value is -3.47. The van der Waals surface area contributed by atoms with Gasteiger partial charge in [-0.2, -0.15) is 5.26 Å². The Morgan fingerprint density at radius 3 is 2.45 bits per heavy atom. The van der Waals surface area contributed by atoms with Crippen LogP contribution >= 0.6 is 0 Å². The Bertz CT molecular complexity index is 1010. The number of benzene rings is 2. The molecule has 0 bridgehead atoms. The maximum absolute atomic E-state index is 14.2. The van der Waals surface area contributed by atoms with E-state index in [1.54, 1.807) is 23.1 Å². The van der Waals surface area contributed by atoms with Crippen molar-refractivity contribution in [3.05, 3.63) is 59.7 Å². The van der Waals surface area contributed by atoms with Crippen LogP contribution in [0.5, 0.6) is 5.75 Å². The summed E-state index contributed by atoms with van der Waals surface area (Å²) in [7, 11) is 0. The smallest absolute Gasteiger partial charge is 0.407 e. The van der Waals surface area contributed by atoms with Crippen LogP contribution in [-0.4, -0.2) is 36.5 Å². The van der Waals surface area contributed by atoms with E-state index in [1.807, 2.05) is 0 Å². The van der Waals surface area contributed by atoms with Gasteiger partial charge >= 0.3 is 6.09 Å². The lowest BCUT2D eigenvalue weighted by atomic mass is 9.84. The Labute approximate surface area is 192 Å². The molecule has 0 radical (unpaired) electrons. The maximum Gasteiger partial charge on any atom is 0.415 e. The van der Waals surface area contributed by atoms with Gasteiger partial charge in [0.1, 0.15) is 11.9 Å². The van der Waals surface area contributed by atoms with Crippen LogP contribution in [0, 0.1) is 34.8 Å². The highest BCUT2D eigenvalue weighted by Crippen LogP contribution is 2.31. The molecule has 1 aliphatic rings. The molecular formula is C25H27F2N3O3. The van der Waals surface area contributed by atoms with Gasteiger partial charge in [0.2, 0.25) is 6.41 Å². The van der Waals surface area contributed by atoms with Crippen molar-refractivity contribution in [2.75, 3.05) is 18.0 Å². The number of hydrogen-bond donors (Lipinski definition) is 0. The fraction of sp³-hybridized carbons (Fsp3) is 0.400. The standard InChI is InChI=1S/C25H27F2N3O3/c1-17(2)14-22(30(16-31)21-8-6-20(26)7-9-21)18-10-12-29(13-11-18)25(32)33-23-5-3-4-19(15-28)24(23)27/h3-9,16-18,22H,10-14H2,1-2H3. The van der Waals surface area contributed by atoms with Crippen molar-refractivity contribution in [2.45, 2.75) is 39.2 Å². The summed E-state index contributed by atoms with van der Waals surface area (Å²) in [5.41, 5.74) is 0.442. The first-order valence-electron chi connectivity index (χ1n) is 11.0. The summed E-state index contributed by atoms with van der Waals surface area (Å²) in [6.45, 7) is 4.95. The third kappa shape index (κ3) is 5.86. The number of piperidine rings is 1. The number of likely N-dealkylation sites (tertiary alicyclic amines) is 1. The molecule has 1 unspecified atom stereocenters. The second kappa shape index (κ2) is 10.9. The molecule has 1 heterocycles. The lowest BCUT2D eigenvalue weighted by molar-refractivity contribution is -0.108. The number of rotatable bonds is 7. The van der Waals surface area contributed by atoms with Crippen molar-refractivity contribution in [3.63, 3.8) is 0 Å². The van der Waals surface area contributed by atoms with Crippen molar-refractivity contribution in [1.82, 2.24) is 4.90 Å². The van der Waals surface area contributed by atoms with Crippen molar-refractivity contribution in [1.29, 1.82) is 5.26 Å².